The van der Waals surface area contributed by atoms with Gasteiger partial charge in [-0.1, -0.05) is 30.2 Å². The molecule has 1 aliphatic carbocycles. The lowest BCUT2D eigenvalue weighted by Crippen LogP contribution is -2.53. The number of hydrogen-bond donors (Lipinski definition) is 1. The fraction of sp³-hybridized carbons (Fsp3) is 0.588. The number of rotatable bonds is 6. The van der Waals surface area contributed by atoms with Gasteiger partial charge in [-0.25, -0.2) is 0 Å². The summed E-state index contributed by atoms with van der Waals surface area (Å²) in [5.41, 5.74) is 0.617. The molecule has 116 valence electrons. The van der Waals surface area contributed by atoms with E-state index in [1.807, 2.05) is 43.0 Å². The Morgan fingerprint density at radius 2 is 2.14 bits per heavy atom. The van der Waals surface area contributed by atoms with Gasteiger partial charge in [-0.15, -0.1) is 0 Å². The molecular formula is C17H24ClNO2. The summed E-state index contributed by atoms with van der Waals surface area (Å²) >= 11 is 6.10. The van der Waals surface area contributed by atoms with Gasteiger partial charge in [0, 0.05) is 24.2 Å². The third-order valence-corrected chi connectivity index (χ3v) is 4.67. The molecule has 4 heteroatoms. The van der Waals surface area contributed by atoms with Gasteiger partial charge in [-0.3, -0.25) is 4.79 Å². The Morgan fingerprint density at radius 1 is 1.43 bits per heavy atom. The van der Waals surface area contributed by atoms with Crippen molar-refractivity contribution in [3.63, 3.8) is 0 Å². The number of amides is 1. The maximum Gasteiger partial charge on any atom is 0.233 e. The normalized spacial score (nSPS) is 16.6. The van der Waals surface area contributed by atoms with E-state index in [0.717, 1.165) is 24.8 Å². The third-order valence-electron chi connectivity index (χ3n) is 4.44. The van der Waals surface area contributed by atoms with E-state index >= 15 is 0 Å². The molecule has 0 saturated heterocycles. The number of nitrogens with zero attached hydrogens (tertiary/aromatic N) is 1. The van der Waals surface area contributed by atoms with E-state index in [1.165, 1.54) is 0 Å². The van der Waals surface area contributed by atoms with Gasteiger partial charge in [0.05, 0.1) is 5.41 Å². The van der Waals surface area contributed by atoms with Gasteiger partial charge in [-0.05, 0) is 50.8 Å². The molecule has 0 unspecified atom stereocenters. The number of aliphatic hydroxyl groups excluding tert-OH is 1. The van der Waals surface area contributed by atoms with Crippen molar-refractivity contribution in [2.45, 2.75) is 51.0 Å². The van der Waals surface area contributed by atoms with Gasteiger partial charge in [-0.2, -0.15) is 0 Å². The van der Waals surface area contributed by atoms with Crippen molar-refractivity contribution in [3.8, 4) is 0 Å². The second-order valence-electron chi connectivity index (χ2n) is 6.12. The van der Waals surface area contributed by atoms with Crippen LogP contribution in [0.2, 0.25) is 5.02 Å². The van der Waals surface area contributed by atoms with Crippen LogP contribution in [-0.2, 0) is 10.2 Å². The Morgan fingerprint density at radius 3 is 2.62 bits per heavy atom. The van der Waals surface area contributed by atoms with E-state index in [1.54, 1.807) is 0 Å². The van der Waals surface area contributed by atoms with Crippen LogP contribution in [0.25, 0.3) is 0 Å². The molecule has 1 amide bonds. The molecule has 0 radical (unpaired) electrons. The molecule has 0 bridgehead atoms. The van der Waals surface area contributed by atoms with E-state index in [0.29, 0.717) is 18.0 Å². The van der Waals surface area contributed by atoms with E-state index in [2.05, 4.69) is 0 Å². The second kappa shape index (κ2) is 6.80. The average Bonchev–Trinajstić information content (AvgIpc) is 2.37. The zero-order chi connectivity index (χ0) is 15.5. The van der Waals surface area contributed by atoms with Gasteiger partial charge >= 0.3 is 0 Å². The minimum atomic E-state index is -0.412. The zero-order valence-electron chi connectivity index (χ0n) is 12.8. The van der Waals surface area contributed by atoms with Crippen LogP contribution >= 0.6 is 11.6 Å². The first kappa shape index (κ1) is 16.3. The quantitative estimate of drug-likeness (QED) is 0.875. The van der Waals surface area contributed by atoms with Crippen LogP contribution in [0.15, 0.2) is 24.3 Å². The third kappa shape index (κ3) is 3.24. The molecule has 1 saturated carbocycles. The highest BCUT2D eigenvalue weighted by Gasteiger charge is 2.47. The maximum absolute atomic E-state index is 13.1. The van der Waals surface area contributed by atoms with E-state index in [-0.39, 0.29) is 18.6 Å². The lowest BCUT2D eigenvalue weighted by molar-refractivity contribution is -0.143. The monoisotopic (exact) mass is 309 g/mol. The van der Waals surface area contributed by atoms with Crippen molar-refractivity contribution in [2.75, 3.05) is 13.2 Å². The van der Waals surface area contributed by atoms with Crippen LogP contribution in [-0.4, -0.2) is 35.1 Å². The topological polar surface area (TPSA) is 40.5 Å². The van der Waals surface area contributed by atoms with Crippen molar-refractivity contribution in [1.82, 2.24) is 4.90 Å². The second-order valence-corrected chi connectivity index (χ2v) is 6.55. The first-order valence-corrected chi connectivity index (χ1v) is 8.07. The van der Waals surface area contributed by atoms with Gasteiger partial charge < -0.3 is 10.0 Å². The Labute approximate surface area is 131 Å². The van der Waals surface area contributed by atoms with Gasteiger partial charge in [0.2, 0.25) is 5.91 Å². The number of carbonyl (C=O) groups is 1. The molecule has 0 heterocycles. The first-order chi connectivity index (χ1) is 10.0. The molecule has 1 aliphatic rings. The van der Waals surface area contributed by atoms with Crippen molar-refractivity contribution in [2.24, 2.45) is 0 Å². The Hall–Kier alpha value is -1.06. The summed E-state index contributed by atoms with van der Waals surface area (Å²) < 4.78 is 0. The molecule has 0 aromatic heterocycles. The number of halogens is 1. The van der Waals surface area contributed by atoms with Gasteiger partial charge in [0.15, 0.2) is 0 Å². The SMILES string of the molecule is CC(C)N(CCCO)C(=O)C1(c2cccc(Cl)c2)CCC1. The fourth-order valence-electron chi connectivity index (χ4n) is 3.05. The standard InChI is InChI=1S/C17H24ClNO2/c1-13(2)19(10-5-11-20)16(21)17(8-4-9-17)14-6-3-7-15(18)12-14/h3,6-7,12-13,20H,4-5,8-11H2,1-2H3. The van der Waals surface area contributed by atoms with Crippen molar-refractivity contribution in [1.29, 1.82) is 0 Å². The predicted molar refractivity (Wildman–Crippen MR) is 85.5 cm³/mol. The van der Waals surface area contributed by atoms with E-state index in [9.17, 15) is 4.79 Å². The van der Waals surface area contributed by atoms with Crippen LogP contribution in [0.3, 0.4) is 0 Å². The first-order valence-electron chi connectivity index (χ1n) is 7.69. The Bertz CT molecular complexity index is 497. The number of hydrogen-bond acceptors (Lipinski definition) is 2. The Balaban J connectivity index is 2.28. The molecule has 1 fully saturated rings. The molecule has 0 aliphatic heterocycles. The van der Waals surface area contributed by atoms with Gasteiger partial charge in [0.25, 0.3) is 0 Å². The van der Waals surface area contributed by atoms with Crippen molar-refractivity contribution in [3.05, 3.63) is 34.9 Å². The van der Waals surface area contributed by atoms with Crippen molar-refractivity contribution < 1.29 is 9.90 Å². The average molecular weight is 310 g/mol. The number of aliphatic hydroxyl groups is 1. The molecular weight excluding hydrogens is 286 g/mol. The van der Waals surface area contributed by atoms with E-state index < -0.39 is 5.41 Å². The molecule has 1 aromatic carbocycles. The summed E-state index contributed by atoms with van der Waals surface area (Å²) in [6.07, 6.45) is 3.46. The van der Waals surface area contributed by atoms with Crippen LogP contribution in [0.4, 0.5) is 0 Å². The summed E-state index contributed by atoms with van der Waals surface area (Å²) in [4.78, 5) is 15.0. The number of benzene rings is 1. The highest BCUT2D eigenvalue weighted by molar-refractivity contribution is 6.30. The maximum atomic E-state index is 13.1. The number of carbonyl (C=O) groups excluding carboxylic acids is 1. The zero-order valence-corrected chi connectivity index (χ0v) is 13.6. The summed E-state index contributed by atoms with van der Waals surface area (Å²) in [5, 5.41) is 9.73. The predicted octanol–water partition coefficient (Wildman–Crippen LogP) is 3.38. The van der Waals surface area contributed by atoms with Crippen LogP contribution in [0, 0.1) is 0 Å². The molecule has 3 nitrogen and oxygen atoms in total. The highest BCUT2D eigenvalue weighted by Crippen LogP contribution is 2.46. The molecule has 1 aromatic rings. The molecule has 2 rings (SSSR count). The fourth-order valence-corrected chi connectivity index (χ4v) is 3.24. The lowest BCUT2D eigenvalue weighted by Gasteiger charge is -2.45. The minimum absolute atomic E-state index is 0.112. The lowest BCUT2D eigenvalue weighted by atomic mass is 9.63. The summed E-state index contributed by atoms with van der Waals surface area (Å²) in [7, 11) is 0. The minimum Gasteiger partial charge on any atom is -0.396 e. The smallest absolute Gasteiger partial charge is 0.233 e. The molecule has 21 heavy (non-hydrogen) atoms. The summed E-state index contributed by atoms with van der Waals surface area (Å²) in [6, 6.07) is 7.82. The van der Waals surface area contributed by atoms with Crippen LogP contribution in [0.5, 0.6) is 0 Å². The molecule has 0 spiro atoms. The molecule has 1 N–H and O–H groups in total. The van der Waals surface area contributed by atoms with Crippen molar-refractivity contribution >= 4 is 17.5 Å². The van der Waals surface area contributed by atoms with Gasteiger partial charge in [0.1, 0.15) is 0 Å². The molecule has 0 atom stereocenters. The highest BCUT2D eigenvalue weighted by atomic mass is 35.5. The Kier molecular flexibility index (Phi) is 5.28. The van der Waals surface area contributed by atoms with Crippen LogP contribution in [0.1, 0.15) is 45.1 Å². The summed E-state index contributed by atoms with van der Waals surface area (Å²) in [6.45, 7) is 4.77. The largest absolute Gasteiger partial charge is 0.396 e. The van der Waals surface area contributed by atoms with Crippen LogP contribution < -0.4 is 0 Å². The summed E-state index contributed by atoms with van der Waals surface area (Å²) in [5.74, 6) is 0.180. The van der Waals surface area contributed by atoms with E-state index in [4.69, 9.17) is 16.7 Å².